The maximum absolute atomic E-state index is 13.2. The average molecular weight is 447 g/mol. The Morgan fingerprint density at radius 1 is 1.07 bits per heavy atom. The van der Waals surface area contributed by atoms with Gasteiger partial charge in [-0.25, -0.2) is 0 Å². The number of hydrogen-bond donors (Lipinski definition) is 1. The molecule has 0 aliphatic carbocycles. The summed E-state index contributed by atoms with van der Waals surface area (Å²) in [7, 11) is 0. The molecule has 1 atom stereocenters. The lowest BCUT2D eigenvalue weighted by atomic mass is 10.1. The van der Waals surface area contributed by atoms with Crippen LogP contribution in [0.3, 0.4) is 0 Å². The number of hydrogen-bond acceptors (Lipinski definition) is 3. The first-order valence-corrected chi connectivity index (χ1v) is 11.5. The lowest BCUT2D eigenvalue weighted by Gasteiger charge is -2.33. The molecule has 0 aliphatic rings. The molecule has 0 aliphatic heterocycles. The molecule has 0 spiro atoms. The third-order valence-corrected chi connectivity index (χ3v) is 5.78. The minimum Gasteiger partial charge on any atom is -0.350 e. The van der Waals surface area contributed by atoms with E-state index in [9.17, 15) is 9.59 Å². The first-order chi connectivity index (χ1) is 14.1. The highest BCUT2D eigenvalue weighted by atomic mass is 35.5. The highest BCUT2D eigenvalue weighted by molar-refractivity contribution is 8.00. The van der Waals surface area contributed by atoms with Gasteiger partial charge in [0.05, 0.1) is 5.75 Å². The number of carbonyl (C=O) groups is 2. The van der Waals surface area contributed by atoms with Gasteiger partial charge >= 0.3 is 0 Å². The van der Waals surface area contributed by atoms with Crippen molar-refractivity contribution >= 4 is 35.2 Å². The first kappa shape index (κ1) is 24.3. The number of nitrogens with zero attached hydrogens (tertiary/aromatic N) is 1. The SMILES string of the molecule is CC[C@H](C(=O)NC(C)(C)C)N(Cc1ccc(Cl)cc1)C(=O)CSc1ccc(C)cc1. The van der Waals surface area contributed by atoms with Gasteiger partial charge in [-0.15, -0.1) is 11.8 Å². The fraction of sp³-hybridized carbons (Fsp3) is 0.417. The summed E-state index contributed by atoms with van der Waals surface area (Å²) in [6.45, 7) is 10.2. The number of rotatable bonds is 8. The van der Waals surface area contributed by atoms with Gasteiger partial charge < -0.3 is 10.2 Å². The zero-order valence-corrected chi connectivity index (χ0v) is 19.9. The zero-order valence-electron chi connectivity index (χ0n) is 18.4. The number of thioether (sulfide) groups is 1. The molecule has 0 unspecified atom stereocenters. The monoisotopic (exact) mass is 446 g/mol. The van der Waals surface area contributed by atoms with Crippen molar-refractivity contribution in [2.75, 3.05) is 5.75 Å². The fourth-order valence-electron chi connectivity index (χ4n) is 3.02. The summed E-state index contributed by atoms with van der Waals surface area (Å²) >= 11 is 7.49. The molecular weight excluding hydrogens is 416 g/mol. The number of benzene rings is 2. The van der Waals surface area contributed by atoms with E-state index in [0.717, 1.165) is 10.5 Å². The number of aryl methyl sites for hydroxylation is 1. The third kappa shape index (κ3) is 7.69. The number of nitrogens with one attached hydrogen (secondary N) is 1. The molecule has 0 heterocycles. The molecule has 1 N–H and O–H groups in total. The largest absolute Gasteiger partial charge is 0.350 e. The lowest BCUT2D eigenvalue weighted by Crippen LogP contribution is -2.53. The van der Waals surface area contributed by atoms with Crippen molar-refractivity contribution in [2.45, 2.75) is 64.1 Å². The Balaban J connectivity index is 2.21. The normalized spacial score (nSPS) is 12.3. The maximum atomic E-state index is 13.2. The summed E-state index contributed by atoms with van der Waals surface area (Å²) in [6.07, 6.45) is 0.538. The van der Waals surface area contributed by atoms with Gasteiger partial charge in [-0.05, 0) is 63.9 Å². The van der Waals surface area contributed by atoms with Crippen LogP contribution >= 0.6 is 23.4 Å². The predicted molar refractivity (Wildman–Crippen MR) is 126 cm³/mol. The molecular formula is C24H31ClN2O2S. The van der Waals surface area contributed by atoms with E-state index < -0.39 is 6.04 Å². The van der Waals surface area contributed by atoms with Crippen LogP contribution in [0.15, 0.2) is 53.4 Å². The van der Waals surface area contributed by atoms with E-state index in [4.69, 9.17) is 11.6 Å². The Kier molecular flexibility index (Phi) is 8.80. The molecule has 2 aromatic rings. The zero-order chi connectivity index (χ0) is 22.3. The summed E-state index contributed by atoms with van der Waals surface area (Å²) in [6, 6.07) is 14.9. The molecule has 0 saturated heterocycles. The second kappa shape index (κ2) is 10.9. The molecule has 0 aromatic heterocycles. The highest BCUT2D eigenvalue weighted by Gasteiger charge is 2.30. The minimum absolute atomic E-state index is 0.0635. The Morgan fingerprint density at radius 2 is 1.67 bits per heavy atom. The molecule has 4 nitrogen and oxygen atoms in total. The molecule has 0 bridgehead atoms. The van der Waals surface area contributed by atoms with Crippen molar-refractivity contribution in [3.05, 3.63) is 64.7 Å². The second-order valence-corrected chi connectivity index (χ2v) is 9.90. The van der Waals surface area contributed by atoms with E-state index in [2.05, 4.69) is 5.32 Å². The van der Waals surface area contributed by atoms with Crippen molar-refractivity contribution in [1.82, 2.24) is 10.2 Å². The Bertz CT molecular complexity index is 845. The quantitative estimate of drug-likeness (QED) is 0.547. The van der Waals surface area contributed by atoms with Crippen LogP contribution in [-0.2, 0) is 16.1 Å². The van der Waals surface area contributed by atoms with Gasteiger partial charge in [0.2, 0.25) is 11.8 Å². The molecule has 162 valence electrons. The molecule has 0 saturated carbocycles. The Morgan fingerprint density at radius 3 is 2.20 bits per heavy atom. The second-order valence-electron chi connectivity index (χ2n) is 8.41. The van der Waals surface area contributed by atoms with Crippen LogP contribution in [0.2, 0.25) is 5.02 Å². The predicted octanol–water partition coefficient (Wildman–Crippen LogP) is 5.46. The van der Waals surface area contributed by atoms with Gasteiger partial charge in [0.15, 0.2) is 0 Å². The molecule has 30 heavy (non-hydrogen) atoms. The van der Waals surface area contributed by atoms with Crippen molar-refractivity contribution in [3.8, 4) is 0 Å². The molecule has 2 rings (SSSR count). The maximum Gasteiger partial charge on any atom is 0.243 e. The molecule has 0 radical (unpaired) electrons. The van der Waals surface area contributed by atoms with E-state index in [-0.39, 0.29) is 23.1 Å². The van der Waals surface area contributed by atoms with E-state index in [0.29, 0.717) is 18.0 Å². The van der Waals surface area contributed by atoms with Gasteiger partial charge in [0.1, 0.15) is 6.04 Å². The van der Waals surface area contributed by atoms with Gasteiger partial charge in [-0.1, -0.05) is 48.4 Å². The highest BCUT2D eigenvalue weighted by Crippen LogP contribution is 2.21. The fourth-order valence-corrected chi connectivity index (χ4v) is 3.93. The summed E-state index contributed by atoms with van der Waals surface area (Å²) in [5.74, 6) is 0.0785. The van der Waals surface area contributed by atoms with Crippen molar-refractivity contribution in [2.24, 2.45) is 0 Å². The van der Waals surface area contributed by atoms with Crippen molar-refractivity contribution in [3.63, 3.8) is 0 Å². The topological polar surface area (TPSA) is 49.4 Å². The van der Waals surface area contributed by atoms with Crippen LogP contribution in [0.4, 0.5) is 0 Å². The number of amides is 2. The molecule has 2 amide bonds. The van der Waals surface area contributed by atoms with E-state index in [1.807, 2.05) is 71.0 Å². The minimum atomic E-state index is -0.536. The van der Waals surface area contributed by atoms with Crippen LogP contribution in [-0.4, -0.2) is 34.0 Å². The van der Waals surface area contributed by atoms with E-state index in [1.165, 1.54) is 17.3 Å². The molecule has 6 heteroatoms. The third-order valence-electron chi connectivity index (χ3n) is 4.53. The summed E-state index contributed by atoms with van der Waals surface area (Å²) in [4.78, 5) is 28.9. The summed E-state index contributed by atoms with van der Waals surface area (Å²) in [5, 5.41) is 3.66. The lowest BCUT2D eigenvalue weighted by molar-refractivity contribution is -0.140. The standard InChI is InChI=1S/C24H31ClN2O2S/c1-6-21(23(29)26-24(3,4)5)27(15-18-9-11-19(25)12-10-18)22(28)16-30-20-13-7-17(2)8-14-20/h7-14,21H,6,15-16H2,1-5H3,(H,26,29)/t21-/m1/s1. The number of halogens is 1. The van der Waals surface area contributed by atoms with Crippen LogP contribution in [0.25, 0.3) is 0 Å². The van der Waals surface area contributed by atoms with Crippen molar-refractivity contribution < 1.29 is 9.59 Å². The summed E-state index contributed by atoms with van der Waals surface area (Å²) < 4.78 is 0. The van der Waals surface area contributed by atoms with Gasteiger partial charge in [-0.3, -0.25) is 9.59 Å². The smallest absolute Gasteiger partial charge is 0.243 e. The molecule has 0 fully saturated rings. The van der Waals surface area contributed by atoms with Crippen LogP contribution < -0.4 is 5.32 Å². The summed E-state index contributed by atoms with van der Waals surface area (Å²) in [5.41, 5.74) is 1.76. The Labute approximate surface area is 189 Å². The van der Waals surface area contributed by atoms with Crippen LogP contribution in [0.5, 0.6) is 0 Å². The molecule has 2 aromatic carbocycles. The van der Waals surface area contributed by atoms with E-state index in [1.54, 1.807) is 17.0 Å². The van der Waals surface area contributed by atoms with E-state index >= 15 is 0 Å². The van der Waals surface area contributed by atoms with Gasteiger partial charge in [0, 0.05) is 22.0 Å². The van der Waals surface area contributed by atoms with Gasteiger partial charge in [0.25, 0.3) is 0 Å². The number of carbonyl (C=O) groups excluding carboxylic acids is 2. The van der Waals surface area contributed by atoms with Crippen LogP contribution in [0, 0.1) is 6.92 Å². The Hall–Kier alpha value is -1.98. The van der Waals surface area contributed by atoms with Gasteiger partial charge in [-0.2, -0.15) is 0 Å². The van der Waals surface area contributed by atoms with Crippen LogP contribution in [0.1, 0.15) is 45.2 Å². The average Bonchev–Trinajstić information content (AvgIpc) is 2.67. The first-order valence-electron chi connectivity index (χ1n) is 10.1. The van der Waals surface area contributed by atoms with Crippen molar-refractivity contribution in [1.29, 1.82) is 0 Å².